The highest BCUT2D eigenvalue weighted by molar-refractivity contribution is 6.30. The van der Waals surface area contributed by atoms with Crippen LogP contribution in [0.25, 0.3) is 0 Å². The molecule has 1 aliphatic heterocycles. The normalized spacial score (nSPS) is 18.4. The molecule has 1 aromatic rings. The molecular weight excluding hydrogens is 292 g/mol. The number of rotatable bonds is 3. The first-order chi connectivity index (χ1) is 9.83. The summed E-state index contributed by atoms with van der Waals surface area (Å²) in [5.41, 5.74) is 0.00736. The van der Waals surface area contributed by atoms with Crippen LogP contribution < -0.4 is 15.4 Å². The van der Waals surface area contributed by atoms with Gasteiger partial charge in [0.2, 0.25) is 0 Å². The van der Waals surface area contributed by atoms with Crippen LogP contribution in [0.1, 0.15) is 27.2 Å². The molecule has 0 aliphatic carbocycles. The molecule has 0 spiro atoms. The highest BCUT2D eigenvalue weighted by atomic mass is 35.5. The number of carbonyl (C=O) groups is 1. The molecule has 0 aromatic heterocycles. The molecule has 1 fully saturated rings. The maximum atomic E-state index is 11.9. The third-order valence-electron chi connectivity index (χ3n) is 2.89. The molecule has 0 radical (unpaired) electrons. The zero-order valence-electron chi connectivity index (χ0n) is 12.5. The fraction of sp³-hybridized carbons (Fsp3) is 0.533. The van der Waals surface area contributed by atoms with Crippen LogP contribution in [0.4, 0.5) is 10.5 Å². The Kier molecular flexibility index (Phi) is 4.96. The predicted molar refractivity (Wildman–Crippen MR) is 83.2 cm³/mol. The Morgan fingerprint density at radius 3 is 2.81 bits per heavy atom. The van der Waals surface area contributed by atoms with E-state index < -0.39 is 11.7 Å². The van der Waals surface area contributed by atoms with Crippen molar-refractivity contribution in [2.45, 2.75) is 38.9 Å². The fourth-order valence-corrected chi connectivity index (χ4v) is 2.18. The van der Waals surface area contributed by atoms with Crippen molar-refractivity contribution in [3.05, 3.63) is 23.2 Å². The Bertz CT molecular complexity index is 508. The Hall–Kier alpha value is -1.46. The van der Waals surface area contributed by atoms with E-state index in [0.717, 1.165) is 19.5 Å². The van der Waals surface area contributed by atoms with Crippen molar-refractivity contribution in [2.24, 2.45) is 0 Å². The van der Waals surface area contributed by atoms with Gasteiger partial charge in [-0.3, -0.25) is 5.32 Å². The molecule has 2 rings (SSSR count). The number of ether oxygens (including phenoxy) is 2. The van der Waals surface area contributed by atoms with Crippen LogP contribution in [-0.4, -0.2) is 30.9 Å². The van der Waals surface area contributed by atoms with E-state index in [4.69, 9.17) is 21.1 Å². The fourth-order valence-electron chi connectivity index (χ4n) is 2.02. The van der Waals surface area contributed by atoms with Gasteiger partial charge in [0.25, 0.3) is 0 Å². The van der Waals surface area contributed by atoms with Crippen molar-refractivity contribution in [1.82, 2.24) is 5.32 Å². The molecule has 1 unspecified atom stereocenters. The highest BCUT2D eigenvalue weighted by Gasteiger charge is 2.20. The van der Waals surface area contributed by atoms with Crippen LogP contribution in [-0.2, 0) is 4.74 Å². The molecule has 1 atom stereocenters. The topological polar surface area (TPSA) is 59.6 Å². The number of carbonyl (C=O) groups excluding carboxylic acids is 1. The van der Waals surface area contributed by atoms with Gasteiger partial charge in [0.15, 0.2) is 0 Å². The number of benzene rings is 1. The molecule has 5 nitrogen and oxygen atoms in total. The van der Waals surface area contributed by atoms with Gasteiger partial charge in [0.1, 0.15) is 17.5 Å². The summed E-state index contributed by atoms with van der Waals surface area (Å²) in [5.74, 6) is 0.557. The third-order valence-corrected chi connectivity index (χ3v) is 3.12. The van der Waals surface area contributed by atoms with E-state index in [2.05, 4.69) is 10.6 Å². The second-order valence-electron chi connectivity index (χ2n) is 6.00. The molecule has 1 heterocycles. The summed E-state index contributed by atoms with van der Waals surface area (Å²) in [4.78, 5) is 11.9. The van der Waals surface area contributed by atoms with Gasteiger partial charge in [0, 0.05) is 17.6 Å². The monoisotopic (exact) mass is 312 g/mol. The number of amides is 1. The molecular formula is C15H21ClN2O3. The lowest BCUT2D eigenvalue weighted by Crippen LogP contribution is -2.27. The molecule has 116 valence electrons. The van der Waals surface area contributed by atoms with Gasteiger partial charge in [-0.2, -0.15) is 0 Å². The zero-order chi connectivity index (χ0) is 15.5. The van der Waals surface area contributed by atoms with Gasteiger partial charge in [-0.05, 0) is 45.9 Å². The van der Waals surface area contributed by atoms with E-state index in [1.165, 1.54) is 0 Å². The lowest BCUT2D eigenvalue weighted by molar-refractivity contribution is 0.0635. The van der Waals surface area contributed by atoms with Crippen molar-refractivity contribution < 1.29 is 14.3 Å². The third kappa shape index (κ3) is 5.10. The first-order valence-corrected chi connectivity index (χ1v) is 7.38. The molecule has 6 heteroatoms. The van der Waals surface area contributed by atoms with Gasteiger partial charge in [-0.25, -0.2) is 4.79 Å². The van der Waals surface area contributed by atoms with E-state index in [1.54, 1.807) is 18.2 Å². The first kappa shape index (κ1) is 15.9. The Balaban J connectivity index is 2.08. The lowest BCUT2D eigenvalue weighted by Gasteiger charge is -2.21. The molecule has 21 heavy (non-hydrogen) atoms. The Morgan fingerprint density at radius 1 is 1.43 bits per heavy atom. The second-order valence-corrected chi connectivity index (χ2v) is 6.44. The van der Waals surface area contributed by atoms with Crippen LogP contribution >= 0.6 is 11.6 Å². The van der Waals surface area contributed by atoms with Crippen molar-refractivity contribution in [3.8, 4) is 5.75 Å². The van der Waals surface area contributed by atoms with Crippen LogP contribution in [0.15, 0.2) is 18.2 Å². The number of hydrogen-bond acceptors (Lipinski definition) is 4. The summed E-state index contributed by atoms with van der Waals surface area (Å²) in [7, 11) is 0. The molecule has 1 amide bonds. The van der Waals surface area contributed by atoms with E-state index in [-0.39, 0.29) is 6.10 Å². The summed E-state index contributed by atoms with van der Waals surface area (Å²) >= 11 is 6.01. The first-order valence-electron chi connectivity index (χ1n) is 7.00. The smallest absolute Gasteiger partial charge is 0.412 e. The van der Waals surface area contributed by atoms with Gasteiger partial charge in [0.05, 0.1) is 5.69 Å². The van der Waals surface area contributed by atoms with Gasteiger partial charge >= 0.3 is 6.09 Å². The molecule has 0 bridgehead atoms. The molecule has 1 aliphatic rings. The Labute approximate surface area is 130 Å². The minimum Gasteiger partial charge on any atom is -0.487 e. The highest BCUT2D eigenvalue weighted by Crippen LogP contribution is 2.30. The standard InChI is InChI=1S/C15H21ClN2O3/c1-15(2,3)21-14(19)18-12-5-4-10(16)8-13(12)20-11-6-7-17-9-11/h4-5,8,11,17H,6-7,9H2,1-3H3,(H,18,19). The average molecular weight is 313 g/mol. The SMILES string of the molecule is CC(C)(C)OC(=O)Nc1ccc(Cl)cc1OC1CCNC1. The lowest BCUT2D eigenvalue weighted by atomic mass is 10.2. The molecule has 1 saturated heterocycles. The number of nitrogens with one attached hydrogen (secondary N) is 2. The largest absolute Gasteiger partial charge is 0.487 e. The summed E-state index contributed by atoms with van der Waals surface area (Å²) in [5, 5.41) is 6.49. The minimum atomic E-state index is -0.549. The van der Waals surface area contributed by atoms with Crippen LogP contribution in [0.3, 0.4) is 0 Å². The van der Waals surface area contributed by atoms with Crippen molar-refractivity contribution >= 4 is 23.4 Å². The number of anilines is 1. The number of hydrogen-bond donors (Lipinski definition) is 2. The summed E-state index contributed by atoms with van der Waals surface area (Å²) < 4.78 is 11.1. The zero-order valence-corrected chi connectivity index (χ0v) is 13.3. The van der Waals surface area contributed by atoms with E-state index in [9.17, 15) is 4.79 Å². The quantitative estimate of drug-likeness (QED) is 0.897. The van der Waals surface area contributed by atoms with Gasteiger partial charge < -0.3 is 14.8 Å². The van der Waals surface area contributed by atoms with Crippen LogP contribution in [0.5, 0.6) is 5.75 Å². The van der Waals surface area contributed by atoms with Gasteiger partial charge in [-0.15, -0.1) is 0 Å². The van der Waals surface area contributed by atoms with Crippen LogP contribution in [0.2, 0.25) is 5.02 Å². The summed E-state index contributed by atoms with van der Waals surface area (Å²) in [6.45, 7) is 7.17. The summed E-state index contributed by atoms with van der Waals surface area (Å²) in [6, 6.07) is 5.12. The Morgan fingerprint density at radius 2 is 2.19 bits per heavy atom. The molecule has 1 aromatic carbocycles. The van der Waals surface area contributed by atoms with E-state index in [0.29, 0.717) is 16.5 Å². The van der Waals surface area contributed by atoms with E-state index in [1.807, 2.05) is 20.8 Å². The molecule has 0 saturated carbocycles. The van der Waals surface area contributed by atoms with Crippen molar-refractivity contribution in [2.75, 3.05) is 18.4 Å². The van der Waals surface area contributed by atoms with Crippen molar-refractivity contribution in [3.63, 3.8) is 0 Å². The van der Waals surface area contributed by atoms with E-state index >= 15 is 0 Å². The number of halogens is 1. The summed E-state index contributed by atoms with van der Waals surface area (Å²) in [6.07, 6.45) is 0.500. The van der Waals surface area contributed by atoms with Gasteiger partial charge in [-0.1, -0.05) is 11.6 Å². The average Bonchev–Trinajstić information content (AvgIpc) is 2.83. The maximum absolute atomic E-state index is 11.9. The predicted octanol–water partition coefficient (Wildman–Crippen LogP) is 3.43. The molecule has 2 N–H and O–H groups in total. The minimum absolute atomic E-state index is 0.0858. The van der Waals surface area contributed by atoms with Crippen LogP contribution in [0, 0.1) is 0 Å². The maximum Gasteiger partial charge on any atom is 0.412 e. The second kappa shape index (κ2) is 6.54. The van der Waals surface area contributed by atoms with Crippen molar-refractivity contribution in [1.29, 1.82) is 0 Å².